The van der Waals surface area contributed by atoms with Crippen molar-refractivity contribution in [2.24, 2.45) is 0 Å². The summed E-state index contributed by atoms with van der Waals surface area (Å²) in [7, 11) is 0. The summed E-state index contributed by atoms with van der Waals surface area (Å²) in [5.41, 5.74) is 2.97. The third-order valence-electron chi connectivity index (χ3n) is 3.05. The Morgan fingerprint density at radius 1 is 1.13 bits per heavy atom. The van der Waals surface area contributed by atoms with Gasteiger partial charge in [0.25, 0.3) is 0 Å². The van der Waals surface area contributed by atoms with Gasteiger partial charge >= 0.3 is 0 Å². The lowest BCUT2D eigenvalue weighted by molar-refractivity contribution is 0.294. The summed E-state index contributed by atoms with van der Waals surface area (Å²) in [6.07, 6.45) is 2.90. The maximum absolute atomic E-state index is 8.56. The van der Waals surface area contributed by atoms with Crippen LogP contribution in [-0.2, 0) is 12.8 Å². The summed E-state index contributed by atoms with van der Waals surface area (Å²) >= 11 is 0. The van der Waals surface area contributed by atoms with Gasteiger partial charge in [0, 0.05) is 26.1 Å². The van der Waals surface area contributed by atoms with Crippen LogP contribution in [0.3, 0.4) is 0 Å². The van der Waals surface area contributed by atoms with Gasteiger partial charge in [-0.05, 0) is 24.0 Å². The molecule has 0 spiro atoms. The lowest BCUT2D eigenvalue weighted by Crippen LogP contribution is -2.27. The predicted octanol–water partition coefficient (Wildman–Crippen LogP) is 2.00. The van der Waals surface area contributed by atoms with Crippen LogP contribution in [0.15, 0.2) is 24.3 Å². The molecule has 78 valence electrons. The second-order valence-corrected chi connectivity index (χ2v) is 4.02. The Balaban J connectivity index is 2.00. The van der Waals surface area contributed by atoms with Gasteiger partial charge in [-0.3, -0.25) is 0 Å². The molecular formula is C13H16N2. The molecule has 0 fully saturated rings. The molecule has 0 bridgehead atoms. The van der Waals surface area contributed by atoms with E-state index in [2.05, 4.69) is 35.2 Å². The molecule has 2 heteroatoms. The summed E-state index contributed by atoms with van der Waals surface area (Å²) in [4.78, 5) is 2.39. The highest BCUT2D eigenvalue weighted by Gasteiger charge is 2.12. The van der Waals surface area contributed by atoms with Gasteiger partial charge in [-0.2, -0.15) is 5.26 Å². The SMILES string of the molecule is N#CCCN1CCc2ccccc2CC1. The number of benzene rings is 1. The molecule has 2 rings (SSSR count). The molecule has 15 heavy (non-hydrogen) atoms. The number of nitriles is 1. The van der Waals surface area contributed by atoms with Gasteiger partial charge in [-0.25, -0.2) is 0 Å². The maximum atomic E-state index is 8.56. The van der Waals surface area contributed by atoms with Gasteiger partial charge < -0.3 is 4.90 Å². The van der Waals surface area contributed by atoms with Crippen molar-refractivity contribution in [2.45, 2.75) is 19.3 Å². The lowest BCUT2D eigenvalue weighted by atomic mass is 10.0. The van der Waals surface area contributed by atoms with Gasteiger partial charge in [0.1, 0.15) is 0 Å². The molecule has 0 saturated heterocycles. The van der Waals surface area contributed by atoms with E-state index in [1.165, 1.54) is 11.1 Å². The van der Waals surface area contributed by atoms with Crippen molar-refractivity contribution in [1.29, 1.82) is 5.26 Å². The van der Waals surface area contributed by atoms with E-state index in [0.717, 1.165) is 32.5 Å². The normalized spacial score (nSPS) is 16.5. The van der Waals surface area contributed by atoms with Crippen molar-refractivity contribution in [2.75, 3.05) is 19.6 Å². The first-order chi connectivity index (χ1) is 7.40. The van der Waals surface area contributed by atoms with Gasteiger partial charge in [-0.1, -0.05) is 24.3 Å². The molecule has 0 amide bonds. The van der Waals surface area contributed by atoms with Crippen LogP contribution < -0.4 is 0 Å². The number of hydrogen-bond acceptors (Lipinski definition) is 2. The Bertz CT molecular complexity index is 338. The van der Waals surface area contributed by atoms with Crippen LogP contribution >= 0.6 is 0 Å². The first-order valence-electron chi connectivity index (χ1n) is 5.56. The summed E-state index contributed by atoms with van der Waals surface area (Å²) in [6.45, 7) is 3.11. The Morgan fingerprint density at radius 3 is 2.27 bits per heavy atom. The van der Waals surface area contributed by atoms with E-state index < -0.39 is 0 Å². The molecule has 0 unspecified atom stereocenters. The van der Waals surface area contributed by atoms with Crippen LogP contribution in [0.5, 0.6) is 0 Å². The largest absolute Gasteiger partial charge is 0.302 e. The summed E-state index contributed by atoms with van der Waals surface area (Å²) in [6, 6.07) is 10.9. The van der Waals surface area contributed by atoms with Crippen LogP contribution in [0.2, 0.25) is 0 Å². The number of fused-ring (bicyclic) bond motifs is 1. The average Bonchev–Trinajstić information content (AvgIpc) is 2.49. The molecule has 1 aromatic rings. The van der Waals surface area contributed by atoms with Crippen LogP contribution in [0.1, 0.15) is 17.5 Å². The number of rotatable bonds is 2. The minimum Gasteiger partial charge on any atom is -0.302 e. The molecule has 0 radical (unpaired) electrons. The summed E-state index contributed by atoms with van der Waals surface area (Å²) < 4.78 is 0. The van der Waals surface area contributed by atoms with Gasteiger partial charge in [-0.15, -0.1) is 0 Å². The summed E-state index contributed by atoms with van der Waals surface area (Å²) in [5.74, 6) is 0. The third-order valence-corrected chi connectivity index (χ3v) is 3.05. The molecule has 0 atom stereocenters. The second-order valence-electron chi connectivity index (χ2n) is 4.02. The van der Waals surface area contributed by atoms with Crippen molar-refractivity contribution in [3.8, 4) is 6.07 Å². The van der Waals surface area contributed by atoms with E-state index in [0.29, 0.717) is 6.42 Å². The number of nitrogens with zero attached hydrogens (tertiary/aromatic N) is 2. The van der Waals surface area contributed by atoms with Gasteiger partial charge in [0.2, 0.25) is 0 Å². The summed E-state index contributed by atoms with van der Waals surface area (Å²) in [5, 5.41) is 8.56. The fourth-order valence-electron chi connectivity index (χ4n) is 2.15. The first-order valence-corrected chi connectivity index (χ1v) is 5.56. The second kappa shape index (κ2) is 4.95. The Kier molecular flexibility index (Phi) is 3.37. The molecule has 0 aliphatic carbocycles. The Labute approximate surface area is 91.1 Å². The monoisotopic (exact) mass is 200 g/mol. The average molecular weight is 200 g/mol. The zero-order valence-corrected chi connectivity index (χ0v) is 8.95. The Hall–Kier alpha value is -1.33. The van der Waals surface area contributed by atoms with Gasteiger partial charge in [0.15, 0.2) is 0 Å². The molecule has 0 aromatic heterocycles. The van der Waals surface area contributed by atoms with Crippen LogP contribution in [-0.4, -0.2) is 24.5 Å². The zero-order valence-electron chi connectivity index (χ0n) is 8.95. The Morgan fingerprint density at radius 2 is 1.73 bits per heavy atom. The minimum atomic E-state index is 0.649. The van der Waals surface area contributed by atoms with Crippen LogP contribution in [0, 0.1) is 11.3 Å². The topological polar surface area (TPSA) is 27.0 Å². The molecule has 0 N–H and O–H groups in total. The van der Waals surface area contributed by atoms with Crippen molar-refractivity contribution < 1.29 is 0 Å². The third kappa shape index (κ3) is 2.57. The van der Waals surface area contributed by atoms with Gasteiger partial charge in [0.05, 0.1) is 6.07 Å². The molecular weight excluding hydrogens is 184 g/mol. The lowest BCUT2D eigenvalue weighted by Gasteiger charge is -2.17. The van der Waals surface area contributed by atoms with E-state index in [1.807, 2.05) is 0 Å². The van der Waals surface area contributed by atoms with E-state index in [-0.39, 0.29) is 0 Å². The molecule has 1 aliphatic rings. The standard InChI is InChI=1S/C13H16N2/c14-8-3-9-15-10-6-12-4-1-2-5-13(12)7-11-15/h1-2,4-5H,3,6-7,9-11H2. The highest BCUT2D eigenvalue weighted by Crippen LogP contribution is 2.15. The molecule has 1 heterocycles. The highest BCUT2D eigenvalue weighted by molar-refractivity contribution is 5.28. The molecule has 2 nitrogen and oxygen atoms in total. The van der Waals surface area contributed by atoms with Crippen molar-refractivity contribution in [1.82, 2.24) is 4.90 Å². The van der Waals surface area contributed by atoms with E-state index in [9.17, 15) is 0 Å². The molecule has 1 aromatic carbocycles. The zero-order chi connectivity index (χ0) is 10.5. The molecule has 0 saturated carbocycles. The van der Waals surface area contributed by atoms with Crippen LogP contribution in [0.4, 0.5) is 0 Å². The van der Waals surface area contributed by atoms with E-state index in [4.69, 9.17) is 5.26 Å². The van der Waals surface area contributed by atoms with Crippen molar-refractivity contribution >= 4 is 0 Å². The fourth-order valence-corrected chi connectivity index (χ4v) is 2.15. The minimum absolute atomic E-state index is 0.649. The predicted molar refractivity (Wildman–Crippen MR) is 60.5 cm³/mol. The highest BCUT2D eigenvalue weighted by atomic mass is 15.1. The first kappa shape index (κ1) is 10.2. The van der Waals surface area contributed by atoms with Crippen LogP contribution in [0.25, 0.3) is 0 Å². The van der Waals surface area contributed by atoms with Crippen molar-refractivity contribution in [3.05, 3.63) is 35.4 Å². The van der Waals surface area contributed by atoms with Crippen molar-refractivity contribution in [3.63, 3.8) is 0 Å². The smallest absolute Gasteiger partial charge is 0.0635 e. The van der Waals surface area contributed by atoms with E-state index >= 15 is 0 Å². The quantitative estimate of drug-likeness (QED) is 0.730. The molecule has 1 aliphatic heterocycles. The maximum Gasteiger partial charge on any atom is 0.0635 e. The fraction of sp³-hybridized carbons (Fsp3) is 0.462. The number of hydrogen-bond donors (Lipinski definition) is 0. The van der Waals surface area contributed by atoms with E-state index in [1.54, 1.807) is 0 Å².